The maximum absolute atomic E-state index is 12.3. The van der Waals surface area contributed by atoms with Crippen molar-refractivity contribution in [2.24, 2.45) is 5.73 Å². The van der Waals surface area contributed by atoms with Crippen molar-refractivity contribution in [1.82, 2.24) is 0 Å². The number of nitrogens with one attached hydrogen (secondary N) is 1. The summed E-state index contributed by atoms with van der Waals surface area (Å²) in [4.78, 5) is 23.3. The Morgan fingerprint density at radius 3 is 2.59 bits per heavy atom. The molecule has 0 atom stereocenters. The number of para-hydroxylation sites is 1. The zero-order valence-electron chi connectivity index (χ0n) is 16.6. The van der Waals surface area contributed by atoms with Crippen LogP contribution in [-0.2, 0) is 16.0 Å². The Morgan fingerprint density at radius 1 is 1.10 bits per heavy atom. The number of primary amides is 1. The van der Waals surface area contributed by atoms with Crippen LogP contribution >= 0.6 is 0 Å². The number of fused-ring (bicyclic) bond motifs is 1. The van der Waals surface area contributed by atoms with Crippen molar-refractivity contribution in [2.75, 3.05) is 25.6 Å². The van der Waals surface area contributed by atoms with Gasteiger partial charge in [0.05, 0.1) is 7.11 Å². The van der Waals surface area contributed by atoms with Gasteiger partial charge in [-0.25, -0.2) is 0 Å². The maximum Gasteiger partial charge on any atom is 0.262 e. The quantitative estimate of drug-likeness (QED) is 0.704. The molecular weight excluding hydrogens is 376 g/mol. The lowest BCUT2D eigenvalue weighted by Gasteiger charge is -2.18. The predicted octanol–water partition coefficient (Wildman–Crippen LogP) is 2.29. The first-order valence-corrected chi connectivity index (χ1v) is 9.10. The molecule has 8 heteroatoms. The molecule has 3 rings (SSSR count). The van der Waals surface area contributed by atoms with Crippen LogP contribution in [0.25, 0.3) is 0 Å². The van der Waals surface area contributed by atoms with Gasteiger partial charge < -0.3 is 30.0 Å². The molecule has 1 heterocycles. The molecule has 1 aliphatic rings. The van der Waals surface area contributed by atoms with E-state index >= 15 is 0 Å². The lowest BCUT2D eigenvalue weighted by atomic mass is 10.0. The summed E-state index contributed by atoms with van der Waals surface area (Å²) < 4.78 is 22.1. The summed E-state index contributed by atoms with van der Waals surface area (Å²) in [5, 5.41) is 2.72. The van der Waals surface area contributed by atoms with Crippen molar-refractivity contribution < 1.29 is 28.5 Å². The third kappa shape index (κ3) is 5.10. The largest absolute Gasteiger partial charge is 0.493 e. The van der Waals surface area contributed by atoms with Crippen molar-refractivity contribution in [2.45, 2.75) is 25.9 Å². The molecule has 0 bridgehead atoms. The van der Waals surface area contributed by atoms with Gasteiger partial charge in [0.25, 0.3) is 11.8 Å². The van der Waals surface area contributed by atoms with Crippen molar-refractivity contribution in [1.29, 1.82) is 0 Å². The van der Waals surface area contributed by atoms with Gasteiger partial charge in [0.2, 0.25) is 0 Å². The Hall–Kier alpha value is -3.42. The Bertz CT molecular complexity index is 925. The zero-order valence-corrected chi connectivity index (χ0v) is 16.6. The second kappa shape index (κ2) is 8.30. The number of anilines is 1. The van der Waals surface area contributed by atoms with E-state index in [0.29, 0.717) is 28.7 Å². The Balaban J connectivity index is 1.63. The molecule has 0 radical (unpaired) electrons. The van der Waals surface area contributed by atoms with Crippen molar-refractivity contribution in [3.05, 3.63) is 42.0 Å². The first-order valence-electron chi connectivity index (χ1n) is 9.10. The molecular formula is C21H24N2O6. The molecule has 0 aliphatic carbocycles. The topological polar surface area (TPSA) is 109 Å². The van der Waals surface area contributed by atoms with Crippen LogP contribution in [-0.4, -0.2) is 37.7 Å². The highest BCUT2D eigenvalue weighted by atomic mass is 16.5. The van der Waals surface area contributed by atoms with E-state index in [9.17, 15) is 9.59 Å². The third-order valence-corrected chi connectivity index (χ3v) is 4.23. The predicted molar refractivity (Wildman–Crippen MR) is 107 cm³/mol. The number of benzene rings is 2. The van der Waals surface area contributed by atoms with E-state index < -0.39 is 5.91 Å². The molecule has 0 spiro atoms. The van der Waals surface area contributed by atoms with Gasteiger partial charge in [0, 0.05) is 23.7 Å². The van der Waals surface area contributed by atoms with Crippen LogP contribution in [0.5, 0.6) is 23.0 Å². The molecule has 2 amide bonds. The van der Waals surface area contributed by atoms with Gasteiger partial charge in [-0.2, -0.15) is 0 Å². The fourth-order valence-electron chi connectivity index (χ4n) is 3.06. The van der Waals surface area contributed by atoms with Crippen LogP contribution in [0.15, 0.2) is 36.4 Å². The van der Waals surface area contributed by atoms with E-state index in [1.807, 2.05) is 26.0 Å². The molecule has 8 nitrogen and oxygen atoms in total. The molecule has 0 saturated heterocycles. The average molecular weight is 400 g/mol. The summed E-state index contributed by atoms with van der Waals surface area (Å²) in [5.74, 6) is 0.948. The van der Waals surface area contributed by atoms with E-state index in [0.717, 1.165) is 12.0 Å². The second-order valence-electron chi connectivity index (χ2n) is 7.24. The molecule has 0 fully saturated rings. The average Bonchev–Trinajstić information content (AvgIpc) is 2.99. The van der Waals surface area contributed by atoms with Crippen LogP contribution in [0, 0.1) is 0 Å². The number of methoxy groups -OCH3 is 1. The lowest BCUT2D eigenvalue weighted by molar-refractivity contribution is -0.120. The van der Waals surface area contributed by atoms with E-state index in [1.165, 1.54) is 7.11 Å². The first kappa shape index (κ1) is 20.3. The van der Waals surface area contributed by atoms with Crippen LogP contribution in [0.2, 0.25) is 0 Å². The normalized spacial score (nSPS) is 13.8. The molecule has 2 aromatic carbocycles. The number of carbonyl (C=O) groups excluding carboxylic acids is 2. The third-order valence-electron chi connectivity index (χ3n) is 4.23. The van der Waals surface area contributed by atoms with Crippen LogP contribution < -0.4 is 30.0 Å². The highest BCUT2D eigenvalue weighted by Gasteiger charge is 2.32. The number of ether oxygens (including phenoxy) is 4. The van der Waals surface area contributed by atoms with Crippen molar-refractivity contribution in [3.8, 4) is 23.0 Å². The Morgan fingerprint density at radius 2 is 1.86 bits per heavy atom. The molecule has 29 heavy (non-hydrogen) atoms. The summed E-state index contributed by atoms with van der Waals surface area (Å²) in [6.45, 7) is 3.52. The van der Waals surface area contributed by atoms with E-state index in [2.05, 4.69) is 5.32 Å². The van der Waals surface area contributed by atoms with Crippen LogP contribution in [0.4, 0.5) is 5.69 Å². The van der Waals surface area contributed by atoms with E-state index in [1.54, 1.807) is 24.3 Å². The Labute approximate surface area is 168 Å². The summed E-state index contributed by atoms with van der Waals surface area (Å²) in [7, 11) is 1.47. The standard InChI is InChI=1S/C21H24N2O6/c1-21(2)10-13-5-4-6-16(20(13)29-21)28-12-19(25)23-14-7-8-15(26-3)17(9-14)27-11-18(22)24/h4-9H,10-12H2,1-3H3,(H2,22,24)(H,23,25). The monoisotopic (exact) mass is 400 g/mol. The molecule has 154 valence electrons. The van der Waals surface area contributed by atoms with Crippen molar-refractivity contribution in [3.63, 3.8) is 0 Å². The highest BCUT2D eigenvalue weighted by molar-refractivity contribution is 5.92. The van der Waals surface area contributed by atoms with Gasteiger partial charge in [-0.3, -0.25) is 9.59 Å². The number of rotatable bonds is 8. The summed E-state index contributed by atoms with van der Waals surface area (Å²) in [6, 6.07) is 10.5. The first-order chi connectivity index (χ1) is 13.8. The van der Waals surface area contributed by atoms with Gasteiger partial charge in [-0.1, -0.05) is 12.1 Å². The maximum atomic E-state index is 12.3. The number of nitrogens with two attached hydrogens (primary N) is 1. The molecule has 3 N–H and O–H groups in total. The van der Waals surface area contributed by atoms with Crippen LogP contribution in [0.1, 0.15) is 19.4 Å². The lowest BCUT2D eigenvalue weighted by Crippen LogP contribution is -2.25. The van der Waals surface area contributed by atoms with E-state index in [4.69, 9.17) is 24.7 Å². The smallest absolute Gasteiger partial charge is 0.262 e. The minimum atomic E-state index is -0.615. The summed E-state index contributed by atoms with van der Waals surface area (Å²) in [6.07, 6.45) is 0.783. The van der Waals surface area contributed by atoms with Gasteiger partial charge in [0.1, 0.15) is 5.60 Å². The minimum absolute atomic E-state index is 0.191. The number of carbonyl (C=O) groups is 2. The zero-order chi connectivity index (χ0) is 21.0. The summed E-state index contributed by atoms with van der Waals surface area (Å²) in [5.41, 5.74) is 6.32. The minimum Gasteiger partial charge on any atom is -0.493 e. The highest BCUT2D eigenvalue weighted by Crippen LogP contribution is 2.41. The fraction of sp³-hybridized carbons (Fsp3) is 0.333. The number of hydrogen-bond acceptors (Lipinski definition) is 6. The summed E-state index contributed by atoms with van der Waals surface area (Å²) >= 11 is 0. The fourth-order valence-corrected chi connectivity index (χ4v) is 3.06. The van der Waals surface area contributed by atoms with Gasteiger partial charge >= 0.3 is 0 Å². The molecule has 0 aromatic heterocycles. The van der Waals surface area contributed by atoms with Gasteiger partial charge in [0.15, 0.2) is 36.2 Å². The molecule has 1 aliphatic heterocycles. The molecule has 2 aromatic rings. The second-order valence-corrected chi connectivity index (χ2v) is 7.24. The van der Waals surface area contributed by atoms with Gasteiger partial charge in [-0.05, 0) is 32.0 Å². The number of hydrogen-bond donors (Lipinski definition) is 2. The molecule has 0 unspecified atom stereocenters. The van der Waals surface area contributed by atoms with Gasteiger partial charge in [-0.15, -0.1) is 0 Å². The van der Waals surface area contributed by atoms with Crippen molar-refractivity contribution >= 4 is 17.5 Å². The SMILES string of the molecule is COc1ccc(NC(=O)COc2cccc3c2OC(C)(C)C3)cc1OCC(N)=O. The molecule has 0 saturated carbocycles. The van der Waals surface area contributed by atoms with Crippen LogP contribution in [0.3, 0.4) is 0 Å². The number of amides is 2. The Kier molecular flexibility index (Phi) is 5.81. The van der Waals surface area contributed by atoms with E-state index in [-0.39, 0.29) is 24.7 Å².